The molecule has 1 heterocycles. The van der Waals surface area contributed by atoms with E-state index in [-0.39, 0.29) is 17.1 Å². The van der Waals surface area contributed by atoms with E-state index in [0.717, 1.165) is 31.7 Å². The number of carbonyl (C=O) groups excluding carboxylic acids is 1. The van der Waals surface area contributed by atoms with Gasteiger partial charge in [0.1, 0.15) is 0 Å². The molecular formula is C24H33N3O7S. The van der Waals surface area contributed by atoms with Crippen molar-refractivity contribution in [3.8, 4) is 17.2 Å². The number of hydrogen-bond acceptors (Lipinski definition) is 9. The van der Waals surface area contributed by atoms with Crippen LogP contribution >= 0.6 is 0 Å². The maximum absolute atomic E-state index is 12.2. The van der Waals surface area contributed by atoms with E-state index in [1.54, 1.807) is 40.4 Å². The van der Waals surface area contributed by atoms with Crippen molar-refractivity contribution >= 4 is 16.0 Å². The average molecular weight is 508 g/mol. The number of methoxy groups -OCH3 is 3. The van der Waals surface area contributed by atoms with Crippen LogP contribution in [0.3, 0.4) is 0 Å². The zero-order valence-electron chi connectivity index (χ0n) is 20.6. The lowest BCUT2D eigenvalue weighted by molar-refractivity contribution is 0.0526. The van der Waals surface area contributed by atoms with Crippen molar-refractivity contribution in [1.29, 1.82) is 0 Å². The highest BCUT2D eigenvalue weighted by Crippen LogP contribution is 2.40. The third-order valence-electron chi connectivity index (χ3n) is 5.92. The Morgan fingerprint density at radius 1 is 0.886 bits per heavy atom. The standard InChI is InChI=1S/C24H33N3O7S/c1-5-34-24(28)17-6-7-18(21(14-17)35(25,29)30)15-26-10-12-27(13-11-26)16-19-8-9-20(31-2)23(33-4)22(19)32-3/h6-9,14H,5,10-13,15-16H2,1-4H3,(H2,25,29,30). The fourth-order valence-corrected chi connectivity index (χ4v) is 4.96. The topological polar surface area (TPSA) is 121 Å². The summed E-state index contributed by atoms with van der Waals surface area (Å²) < 4.78 is 45.8. The summed E-state index contributed by atoms with van der Waals surface area (Å²) >= 11 is 0. The van der Waals surface area contributed by atoms with Gasteiger partial charge in [0.25, 0.3) is 0 Å². The largest absolute Gasteiger partial charge is 0.493 e. The number of nitrogens with two attached hydrogens (primary N) is 1. The maximum atomic E-state index is 12.2. The Morgan fingerprint density at radius 3 is 1.97 bits per heavy atom. The number of hydrogen-bond donors (Lipinski definition) is 1. The number of ether oxygens (including phenoxy) is 4. The summed E-state index contributed by atoms with van der Waals surface area (Å²) in [4.78, 5) is 16.4. The van der Waals surface area contributed by atoms with Gasteiger partial charge in [0.2, 0.25) is 15.8 Å². The van der Waals surface area contributed by atoms with Crippen molar-refractivity contribution in [3.05, 3.63) is 47.0 Å². The molecule has 0 spiro atoms. The quantitative estimate of drug-likeness (QED) is 0.480. The van der Waals surface area contributed by atoms with E-state index < -0.39 is 16.0 Å². The van der Waals surface area contributed by atoms with E-state index in [4.69, 9.17) is 24.1 Å². The molecule has 0 aliphatic carbocycles. The summed E-state index contributed by atoms with van der Waals surface area (Å²) in [6.45, 7) is 6.00. The predicted molar refractivity (Wildman–Crippen MR) is 130 cm³/mol. The van der Waals surface area contributed by atoms with Gasteiger partial charge in [-0.3, -0.25) is 9.80 Å². The average Bonchev–Trinajstić information content (AvgIpc) is 2.84. The Kier molecular flexibility index (Phi) is 8.95. The van der Waals surface area contributed by atoms with Crippen LogP contribution in [0.25, 0.3) is 0 Å². The monoisotopic (exact) mass is 507 g/mol. The van der Waals surface area contributed by atoms with Crippen LogP contribution in [0.2, 0.25) is 0 Å². The molecule has 0 atom stereocenters. The Hall–Kier alpha value is -2.86. The molecule has 0 saturated carbocycles. The third-order valence-corrected chi connectivity index (χ3v) is 6.92. The first-order chi connectivity index (χ1) is 16.7. The third kappa shape index (κ3) is 6.43. The van der Waals surface area contributed by atoms with Crippen LogP contribution in [0.5, 0.6) is 17.2 Å². The Balaban J connectivity index is 1.69. The van der Waals surface area contributed by atoms with Gasteiger partial charge in [-0.25, -0.2) is 18.4 Å². The number of nitrogens with zero attached hydrogens (tertiary/aromatic N) is 2. The molecule has 1 aliphatic rings. The van der Waals surface area contributed by atoms with Crippen molar-refractivity contribution < 1.29 is 32.2 Å². The second-order valence-corrected chi connectivity index (χ2v) is 9.66. The second-order valence-electron chi connectivity index (χ2n) is 8.13. The van der Waals surface area contributed by atoms with Gasteiger partial charge < -0.3 is 18.9 Å². The second kappa shape index (κ2) is 11.7. The number of carbonyl (C=O) groups is 1. The lowest BCUT2D eigenvalue weighted by Gasteiger charge is -2.35. The van der Waals surface area contributed by atoms with E-state index in [9.17, 15) is 13.2 Å². The summed E-state index contributed by atoms with van der Waals surface area (Å²) in [5, 5.41) is 5.45. The van der Waals surface area contributed by atoms with Gasteiger partial charge in [0.05, 0.1) is 38.4 Å². The van der Waals surface area contributed by atoms with Crippen LogP contribution in [0.15, 0.2) is 35.2 Å². The Labute approximate surface area is 206 Å². The van der Waals surface area contributed by atoms with Crippen LogP contribution in [0, 0.1) is 0 Å². The fourth-order valence-electron chi connectivity index (χ4n) is 4.17. The van der Waals surface area contributed by atoms with Crippen molar-refractivity contribution in [2.75, 3.05) is 54.1 Å². The number of rotatable bonds is 10. The lowest BCUT2D eigenvalue weighted by atomic mass is 10.1. The van der Waals surface area contributed by atoms with E-state index in [2.05, 4.69) is 9.80 Å². The number of sulfonamides is 1. The molecule has 2 aromatic rings. The van der Waals surface area contributed by atoms with Crippen molar-refractivity contribution in [2.24, 2.45) is 5.14 Å². The first kappa shape index (κ1) is 26.7. The smallest absolute Gasteiger partial charge is 0.338 e. The molecule has 1 aliphatic heterocycles. The molecule has 2 aromatic carbocycles. The van der Waals surface area contributed by atoms with Crippen molar-refractivity contribution in [1.82, 2.24) is 9.80 Å². The predicted octanol–water partition coefficient (Wildman–Crippen LogP) is 1.85. The highest BCUT2D eigenvalue weighted by molar-refractivity contribution is 7.89. The van der Waals surface area contributed by atoms with Gasteiger partial charge in [-0.2, -0.15) is 0 Å². The number of primary sulfonamides is 1. The summed E-state index contributed by atoms with van der Waals surface area (Å²) in [6, 6.07) is 8.33. The van der Waals surface area contributed by atoms with E-state index in [1.807, 2.05) is 12.1 Å². The van der Waals surface area contributed by atoms with Crippen LogP contribution in [-0.4, -0.2) is 78.3 Å². The van der Waals surface area contributed by atoms with Crippen LogP contribution in [0.4, 0.5) is 0 Å². The molecule has 2 N–H and O–H groups in total. The number of piperazine rings is 1. The maximum Gasteiger partial charge on any atom is 0.338 e. The van der Waals surface area contributed by atoms with Crippen LogP contribution in [-0.2, 0) is 27.8 Å². The molecule has 11 heteroatoms. The molecule has 1 saturated heterocycles. The normalized spacial score (nSPS) is 15.0. The highest BCUT2D eigenvalue weighted by atomic mass is 32.2. The summed E-state index contributed by atoms with van der Waals surface area (Å²) in [5.74, 6) is 1.24. The zero-order valence-corrected chi connectivity index (χ0v) is 21.4. The summed E-state index contributed by atoms with van der Waals surface area (Å²) in [6.07, 6.45) is 0. The number of esters is 1. The summed E-state index contributed by atoms with van der Waals surface area (Å²) in [5.41, 5.74) is 1.70. The lowest BCUT2D eigenvalue weighted by Crippen LogP contribution is -2.45. The SMILES string of the molecule is CCOC(=O)c1ccc(CN2CCN(Cc3ccc(OC)c(OC)c3OC)CC2)c(S(N)(=O)=O)c1. The zero-order chi connectivity index (χ0) is 25.6. The molecule has 1 fully saturated rings. The molecule has 3 rings (SSSR count). The first-order valence-electron chi connectivity index (χ1n) is 11.3. The van der Waals surface area contributed by atoms with E-state index >= 15 is 0 Å². The molecule has 0 radical (unpaired) electrons. The molecule has 0 amide bonds. The minimum atomic E-state index is -4.01. The Bertz CT molecular complexity index is 1150. The fraction of sp³-hybridized carbons (Fsp3) is 0.458. The van der Waals surface area contributed by atoms with E-state index in [1.165, 1.54) is 6.07 Å². The van der Waals surface area contributed by atoms with Crippen molar-refractivity contribution in [3.63, 3.8) is 0 Å². The Morgan fingerprint density at radius 2 is 1.46 bits per heavy atom. The minimum absolute atomic E-state index is 0.0550. The van der Waals surface area contributed by atoms with E-state index in [0.29, 0.717) is 35.9 Å². The first-order valence-corrected chi connectivity index (χ1v) is 12.8. The molecule has 0 bridgehead atoms. The van der Waals surface area contributed by atoms with Gasteiger partial charge >= 0.3 is 5.97 Å². The van der Waals surface area contributed by atoms with Crippen LogP contribution in [0.1, 0.15) is 28.4 Å². The van der Waals surface area contributed by atoms with Gasteiger partial charge in [-0.05, 0) is 30.7 Å². The molecule has 192 valence electrons. The molecular weight excluding hydrogens is 474 g/mol. The molecule has 35 heavy (non-hydrogen) atoms. The van der Waals surface area contributed by atoms with Gasteiger partial charge in [0, 0.05) is 44.8 Å². The van der Waals surface area contributed by atoms with Gasteiger partial charge in [0.15, 0.2) is 11.5 Å². The van der Waals surface area contributed by atoms with Crippen molar-refractivity contribution in [2.45, 2.75) is 24.9 Å². The molecule has 0 aromatic heterocycles. The number of benzene rings is 2. The van der Waals surface area contributed by atoms with Crippen LogP contribution < -0.4 is 19.3 Å². The molecule has 10 nitrogen and oxygen atoms in total. The highest BCUT2D eigenvalue weighted by Gasteiger charge is 2.24. The minimum Gasteiger partial charge on any atom is -0.493 e. The van der Waals surface area contributed by atoms with Gasteiger partial charge in [-0.1, -0.05) is 12.1 Å². The van der Waals surface area contributed by atoms with Gasteiger partial charge in [-0.15, -0.1) is 0 Å². The molecule has 0 unspecified atom stereocenters. The summed E-state index contributed by atoms with van der Waals surface area (Å²) in [7, 11) is 0.765.